The zero-order chi connectivity index (χ0) is 18.8. The summed E-state index contributed by atoms with van der Waals surface area (Å²) < 4.78 is 3.72. The molecular weight excluding hydrogens is 338 g/mol. The summed E-state index contributed by atoms with van der Waals surface area (Å²) in [5.74, 6) is 0.597. The van der Waals surface area contributed by atoms with E-state index in [0.717, 1.165) is 16.5 Å². The van der Waals surface area contributed by atoms with E-state index in [4.69, 9.17) is 0 Å². The maximum atomic E-state index is 12.9. The van der Waals surface area contributed by atoms with Crippen molar-refractivity contribution >= 4 is 34.0 Å². The van der Waals surface area contributed by atoms with Gasteiger partial charge in [-0.25, -0.2) is 4.98 Å². The molecule has 0 aliphatic carbocycles. The molecule has 0 atom stereocenters. The average Bonchev–Trinajstić information content (AvgIpc) is 3.02. The van der Waals surface area contributed by atoms with Gasteiger partial charge in [-0.1, -0.05) is 30.3 Å². The third-order valence-corrected chi connectivity index (χ3v) is 4.77. The fourth-order valence-electron chi connectivity index (χ4n) is 3.43. The molecule has 0 aliphatic heterocycles. The van der Waals surface area contributed by atoms with Gasteiger partial charge in [0.25, 0.3) is 5.56 Å². The van der Waals surface area contributed by atoms with E-state index in [9.17, 15) is 9.90 Å². The number of benzene rings is 2. The predicted molar refractivity (Wildman–Crippen MR) is 110 cm³/mol. The number of hydrogen-bond acceptors (Lipinski definition) is 3. The molecule has 2 heterocycles. The van der Waals surface area contributed by atoms with Gasteiger partial charge in [0.2, 0.25) is 0 Å². The van der Waals surface area contributed by atoms with Crippen LogP contribution in [0.15, 0.2) is 59.5 Å². The standard InChI is InChI=1S/C22H21N3O2/c1-24-15-16(17-7-3-5-10-20(17)24)11-12-21-23-19-9-4-2-8-18(19)22(27)25(21)13-6-14-26/h2-5,7-12,15,26H,6,13-14H2,1H3/b12-11+. The predicted octanol–water partition coefficient (Wildman–Crippen LogP) is 3.44. The highest BCUT2D eigenvalue weighted by Gasteiger charge is 2.09. The molecule has 0 saturated heterocycles. The van der Waals surface area contributed by atoms with E-state index in [1.165, 1.54) is 0 Å². The lowest BCUT2D eigenvalue weighted by Crippen LogP contribution is -2.24. The SMILES string of the molecule is Cn1cc(/C=C/c2nc3ccccc3c(=O)n2CCCO)c2ccccc21. The number of aromatic nitrogens is 3. The number of nitrogens with zero attached hydrogens (tertiary/aromatic N) is 3. The van der Waals surface area contributed by atoms with Gasteiger partial charge in [0.1, 0.15) is 5.82 Å². The molecule has 0 unspecified atom stereocenters. The second-order valence-corrected chi connectivity index (χ2v) is 6.57. The largest absolute Gasteiger partial charge is 0.396 e. The van der Waals surface area contributed by atoms with Crippen LogP contribution < -0.4 is 5.56 Å². The first-order valence-electron chi connectivity index (χ1n) is 9.01. The quantitative estimate of drug-likeness (QED) is 0.594. The van der Waals surface area contributed by atoms with E-state index >= 15 is 0 Å². The number of aliphatic hydroxyl groups is 1. The number of aryl methyl sites for hydroxylation is 1. The lowest BCUT2D eigenvalue weighted by molar-refractivity contribution is 0.278. The Morgan fingerprint density at radius 2 is 1.78 bits per heavy atom. The first-order valence-corrected chi connectivity index (χ1v) is 9.01. The van der Waals surface area contributed by atoms with Gasteiger partial charge in [0.05, 0.1) is 10.9 Å². The van der Waals surface area contributed by atoms with Crippen molar-refractivity contribution in [2.75, 3.05) is 6.61 Å². The molecule has 1 N–H and O–H groups in total. The Bertz CT molecular complexity index is 1200. The number of hydrogen-bond donors (Lipinski definition) is 1. The van der Waals surface area contributed by atoms with Crippen molar-refractivity contribution < 1.29 is 5.11 Å². The minimum atomic E-state index is -0.0772. The van der Waals surface area contributed by atoms with Crippen molar-refractivity contribution in [3.05, 3.63) is 76.5 Å². The molecule has 0 aliphatic rings. The van der Waals surface area contributed by atoms with Gasteiger partial charge >= 0.3 is 0 Å². The van der Waals surface area contributed by atoms with Crippen LogP contribution >= 0.6 is 0 Å². The van der Waals surface area contributed by atoms with Crippen LogP contribution in [0.2, 0.25) is 0 Å². The molecule has 5 heteroatoms. The summed E-state index contributed by atoms with van der Waals surface area (Å²) in [7, 11) is 2.02. The van der Waals surface area contributed by atoms with Gasteiger partial charge in [0, 0.05) is 42.9 Å². The summed E-state index contributed by atoms with van der Waals surface area (Å²) >= 11 is 0. The van der Waals surface area contributed by atoms with Crippen LogP contribution in [-0.4, -0.2) is 25.8 Å². The van der Waals surface area contributed by atoms with E-state index in [1.54, 1.807) is 10.6 Å². The highest BCUT2D eigenvalue weighted by molar-refractivity contribution is 5.92. The molecular formula is C22H21N3O2. The lowest BCUT2D eigenvalue weighted by atomic mass is 10.1. The van der Waals surface area contributed by atoms with Crippen LogP contribution in [0.5, 0.6) is 0 Å². The highest BCUT2D eigenvalue weighted by Crippen LogP contribution is 2.22. The van der Waals surface area contributed by atoms with E-state index < -0.39 is 0 Å². The molecule has 0 spiro atoms. The van der Waals surface area contributed by atoms with Crippen LogP contribution in [0.25, 0.3) is 34.0 Å². The highest BCUT2D eigenvalue weighted by atomic mass is 16.3. The zero-order valence-corrected chi connectivity index (χ0v) is 15.2. The van der Waals surface area contributed by atoms with Gasteiger partial charge in [-0.15, -0.1) is 0 Å². The molecule has 5 nitrogen and oxygen atoms in total. The monoisotopic (exact) mass is 359 g/mol. The number of fused-ring (bicyclic) bond motifs is 2. The third kappa shape index (κ3) is 3.17. The van der Waals surface area contributed by atoms with E-state index in [1.807, 2.05) is 49.5 Å². The number of para-hydroxylation sites is 2. The molecule has 0 amide bonds. The minimum absolute atomic E-state index is 0.0335. The van der Waals surface area contributed by atoms with Gasteiger partial charge < -0.3 is 9.67 Å². The average molecular weight is 359 g/mol. The number of rotatable bonds is 5. The van der Waals surface area contributed by atoms with E-state index in [0.29, 0.717) is 29.7 Å². The maximum Gasteiger partial charge on any atom is 0.261 e. The van der Waals surface area contributed by atoms with Gasteiger partial charge in [0.15, 0.2) is 0 Å². The maximum absolute atomic E-state index is 12.9. The van der Waals surface area contributed by atoms with Crippen LogP contribution in [0.1, 0.15) is 17.8 Å². The summed E-state index contributed by atoms with van der Waals surface area (Å²) in [6.07, 6.45) is 6.45. The van der Waals surface area contributed by atoms with Crippen molar-refractivity contribution in [2.24, 2.45) is 7.05 Å². The van der Waals surface area contributed by atoms with Crippen LogP contribution in [0, 0.1) is 0 Å². The molecule has 4 rings (SSSR count). The summed E-state index contributed by atoms with van der Waals surface area (Å²) in [6, 6.07) is 15.6. The number of aliphatic hydroxyl groups excluding tert-OH is 1. The molecule has 2 aromatic carbocycles. The van der Waals surface area contributed by atoms with Crippen molar-refractivity contribution in [1.82, 2.24) is 14.1 Å². The summed E-state index contributed by atoms with van der Waals surface area (Å²) in [5.41, 5.74) is 2.83. The van der Waals surface area contributed by atoms with Crippen LogP contribution in [0.3, 0.4) is 0 Å². The first kappa shape index (κ1) is 17.2. The Labute approximate surface area is 156 Å². The summed E-state index contributed by atoms with van der Waals surface area (Å²) in [5, 5.41) is 10.9. The van der Waals surface area contributed by atoms with Crippen molar-refractivity contribution in [3.63, 3.8) is 0 Å². The van der Waals surface area contributed by atoms with Gasteiger partial charge in [-0.2, -0.15) is 0 Å². The Kier molecular flexibility index (Phi) is 4.60. The zero-order valence-electron chi connectivity index (χ0n) is 15.2. The normalized spacial score (nSPS) is 11.8. The van der Waals surface area contributed by atoms with Crippen LogP contribution in [-0.2, 0) is 13.6 Å². The molecule has 0 bridgehead atoms. The third-order valence-electron chi connectivity index (χ3n) is 4.77. The van der Waals surface area contributed by atoms with Crippen molar-refractivity contribution in [1.29, 1.82) is 0 Å². The Balaban J connectivity index is 1.84. The first-order chi connectivity index (χ1) is 13.2. The minimum Gasteiger partial charge on any atom is -0.396 e. The van der Waals surface area contributed by atoms with Crippen molar-refractivity contribution in [3.8, 4) is 0 Å². The van der Waals surface area contributed by atoms with E-state index in [-0.39, 0.29) is 12.2 Å². The smallest absolute Gasteiger partial charge is 0.261 e. The second kappa shape index (κ2) is 7.21. The Hall–Kier alpha value is -3.18. The molecule has 4 aromatic rings. The lowest BCUT2D eigenvalue weighted by Gasteiger charge is -2.10. The fraction of sp³-hybridized carbons (Fsp3) is 0.182. The molecule has 0 radical (unpaired) electrons. The molecule has 0 fully saturated rings. The molecule has 136 valence electrons. The Morgan fingerprint density at radius 1 is 1.04 bits per heavy atom. The van der Waals surface area contributed by atoms with Crippen molar-refractivity contribution in [2.45, 2.75) is 13.0 Å². The summed E-state index contributed by atoms with van der Waals surface area (Å²) in [4.78, 5) is 17.6. The molecule has 27 heavy (non-hydrogen) atoms. The topological polar surface area (TPSA) is 60.0 Å². The second-order valence-electron chi connectivity index (χ2n) is 6.57. The molecule has 2 aromatic heterocycles. The fourth-order valence-corrected chi connectivity index (χ4v) is 3.43. The molecule has 0 saturated carbocycles. The van der Waals surface area contributed by atoms with Crippen LogP contribution in [0.4, 0.5) is 0 Å². The van der Waals surface area contributed by atoms with Gasteiger partial charge in [-0.3, -0.25) is 9.36 Å². The van der Waals surface area contributed by atoms with E-state index in [2.05, 4.69) is 27.9 Å². The van der Waals surface area contributed by atoms with Gasteiger partial charge in [-0.05, 0) is 36.8 Å². The summed E-state index contributed by atoms with van der Waals surface area (Å²) in [6.45, 7) is 0.466. The Morgan fingerprint density at radius 3 is 2.59 bits per heavy atom.